The monoisotopic (exact) mass is 560 g/mol. The van der Waals surface area contributed by atoms with Gasteiger partial charge in [0, 0.05) is 42.0 Å². The van der Waals surface area contributed by atoms with Crippen LogP contribution in [-0.4, -0.2) is 41.4 Å². The van der Waals surface area contributed by atoms with Crippen LogP contribution in [0, 0.1) is 31.5 Å². The number of hydrogen-bond acceptors (Lipinski definition) is 5. The van der Waals surface area contributed by atoms with Gasteiger partial charge in [-0.1, -0.05) is 30.7 Å². The Labute approximate surface area is 242 Å². The fraction of sp³-hybridized carbons (Fsp3) is 0.471. The first kappa shape index (κ1) is 29.1. The molecule has 2 unspecified atom stereocenters. The van der Waals surface area contributed by atoms with Crippen LogP contribution in [0.3, 0.4) is 0 Å². The zero-order chi connectivity index (χ0) is 29.3. The predicted molar refractivity (Wildman–Crippen MR) is 159 cm³/mol. The van der Waals surface area contributed by atoms with Crippen molar-refractivity contribution >= 4 is 11.7 Å². The highest BCUT2D eigenvalue weighted by molar-refractivity contribution is 5.88. The molecule has 0 amide bonds. The Morgan fingerprint density at radius 1 is 1.02 bits per heavy atom. The minimum absolute atomic E-state index is 0.245. The number of benzene rings is 2. The second kappa shape index (κ2) is 11.8. The van der Waals surface area contributed by atoms with Gasteiger partial charge in [0.25, 0.3) is 0 Å². The second-order valence-corrected chi connectivity index (χ2v) is 12.5. The molecule has 3 atom stereocenters. The number of ether oxygens (including phenoxy) is 2. The van der Waals surface area contributed by atoms with Crippen LogP contribution in [0.15, 0.2) is 48.5 Å². The van der Waals surface area contributed by atoms with Gasteiger partial charge in [-0.05, 0) is 94.7 Å². The molecule has 0 bridgehead atoms. The first-order valence-corrected chi connectivity index (χ1v) is 14.6. The number of aliphatic carboxylic acids is 1. The van der Waals surface area contributed by atoms with E-state index in [-0.39, 0.29) is 5.82 Å². The van der Waals surface area contributed by atoms with Gasteiger partial charge in [-0.2, -0.15) is 0 Å². The summed E-state index contributed by atoms with van der Waals surface area (Å²) in [6.07, 6.45) is 3.26. The highest BCUT2D eigenvalue weighted by Gasteiger charge is 2.41. The third-order valence-corrected chi connectivity index (χ3v) is 8.30. The number of halogens is 1. The number of rotatable bonds is 9. The van der Waals surface area contributed by atoms with Gasteiger partial charge >= 0.3 is 5.97 Å². The molecule has 0 spiro atoms. The number of pyridine rings is 1. The molecular weight excluding hydrogens is 519 g/mol. The van der Waals surface area contributed by atoms with E-state index in [4.69, 9.17) is 14.5 Å². The lowest BCUT2D eigenvalue weighted by atomic mass is 9.93. The van der Waals surface area contributed by atoms with Crippen molar-refractivity contribution in [2.45, 2.75) is 72.0 Å². The Balaban J connectivity index is 1.50. The topological polar surface area (TPSA) is 71.9 Å². The SMILES string of the molecule is Cc1nc(C)c([C@H](OC(C)(C)C)C(=O)O)c(N2CC3CCCC3C2)c1-c1ccc(OCCc2ccc(F)cc2)cc1. The first-order chi connectivity index (χ1) is 19.5. The summed E-state index contributed by atoms with van der Waals surface area (Å²) in [5.41, 5.74) is 5.42. The molecule has 41 heavy (non-hydrogen) atoms. The van der Waals surface area contributed by atoms with E-state index >= 15 is 0 Å². The summed E-state index contributed by atoms with van der Waals surface area (Å²) in [5, 5.41) is 10.4. The molecule has 5 rings (SSSR count). The minimum atomic E-state index is -1.13. The van der Waals surface area contributed by atoms with Crippen molar-refractivity contribution in [1.29, 1.82) is 0 Å². The van der Waals surface area contributed by atoms with E-state index in [1.54, 1.807) is 12.1 Å². The quantitative estimate of drug-likeness (QED) is 0.296. The van der Waals surface area contributed by atoms with E-state index in [1.165, 1.54) is 31.4 Å². The number of fused-ring (bicyclic) bond motifs is 1. The van der Waals surface area contributed by atoms with Crippen LogP contribution in [0.5, 0.6) is 5.75 Å². The molecule has 1 aromatic heterocycles. The lowest BCUT2D eigenvalue weighted by Crippen LogP contribution is -2.31. The van der Waals surface area contributed by atoms with Crippen LogP contribution in [0.1, 0.15) is 68.7 Å². The van der Waals surface area contributed by atoms with Gasteiger partial charge in [-0.15, -0.1) is 0 Å². The number of aromatic nitrogens is 1. The van der Waals surface area contributed by atoms with E-state index in [0.717, 1.165) is 46.9 Å². The number of carbonyl (C=O) groups is 1. The van der Waals surface area contributed by atoms with Crippen LogP contribution in [0.2, 0.25) is 0 Å². The standard InChI is InChI=1S/C34H41FN2O4/c1-21-29(24-11-15-28(16-12-24)40-18-17-23-9-13-27(35)14-10-23)31(37-19-25-7-6-8-26(25)20-37)30(22(2)36-21)32(33(38)39)41-34(3,4)5/h9-16,25-26,32H,6-8,17-20H2,1-5H3,(H,38,39)/t25?,26?,32-/m0/s1. The van der Waals surface area contributed by atoms with Crippen LogP contribution >= 0.6 is 0 Å². The number of nitrogens with zero attached hydrogens (tertiary/aromatic N) is 2. The summed E-state index contributed by atoms with van der Waals surface area (Å²) in [7, 11) is 0. The predicted octanol–water partition coefficient (Wildman–Crippen LogP) is 7.30. The van der Waals surface area contributed by atoms with Gasteiger partial charge in [0.15, 0.2) is 6.10 Å². The molecule has 2 heterocycles. The van der Waals surface area contributed by atoms with Crippen molar-refractivity contribution in [3.8, 4) is 16.9 Å². The largest absolute Gasteiger partial charge is 0.493 e. The van der Waals surface area contributed by atoms with Crippen LogP contribution < -0.4 is 9.64 Å². The number of anilines is 1. The fourth-order valence-corrected chi connectivity index (χ4v) is 6.49. The fourth-order valence-electron chi connectivity index (χ4n) is 6.49. The molecule has 6 nitrogen and oxygen atoms in total. The van der Waals surface area contributed by atoms with Gasteiger partial charge in [-0.25, -0.2) is 9.18 Å². The molecule has 2 fully saturated rings. The Morgan fingerprint density at radius 3 is 2.24 bits per heavy atom. The van der Waals surface area contributed by atoms with Gasteiger partial charge < -0.3 is 19.5 Å². The molecule has 1 N–H and O–H groups in total. The third-order valence-electron chi connectivity index (χ3n) is 8.30. The minimum Gasteiger partial charge on any atom is -0.493 e. The maximum Gasteiger partial charge on any atom is 0.337 e. The Morgan fingerprint density at radius 2 is 1.66 bits per heavy atom. The first-order valence-electron chi connectivity index (χ1n) is 14.6. The number of carboxylic acids is 1. The molecule has 2 aliphatic rings. The van der Waals surface area contributed by atoms with Crippen LogP contribution in [0.4, 0.5) is 10.1 Å². The molecular formula is C34H41FN2O4. The summed E-state index contributed by atoms with van der Waals surface area (Å²) >= 11 is 0. The zero-order valence-corrected chi connectivity index (χ0v) is 24.7. The molecule has 1 aliphatic heterocycles. The van der Waals surface area contributed by atoms with Gasteiger partial charge in [0.05, 0.1) is 17.9 Å². The summed E-state index contributed by atoms with van der Waals surface area (Å²) in [4.78, 5) is 20.0. The summed E-state index contributed by atoms with van der Waals surface area (Å²) in [5.74, 6) is 0.752. The summed E-state index contributed by atoms with van der Waals surface area (Å²) in [6.45, 7) is 11.9. The molecule has 1 saturated heterocycles. The molecule has 2 aromatic carbocycles. The number of aryl methyl sites for hydroxylation is 2. The molecule has 0 radical (unpaired) electrons. The Kier molecular flexibility index (Phi) is 8.37. The molecule has 3 aromatic rings. The van der Waals surface area contributed by atoms with Gasteiger partial charge in [0.1, 0.15) is 11.6 Å². The van der Waals surface area contributed by atoms with E-state index in [0.29, 0.717) is 36.1 Å². The average molecular weight is 561 g/mol. The summed E-state index contributed by atoms with van der Waals surface area (Å²) < 4.78 is 25.4. The van der Waals surface area contributed by atoms with Crippen molar-refractivity contribution in [1.82, 2.24) is 4.98 Å². The zero-order valence-electron chi connectivity index (χ0n) is 24.7. The highest BCUT2D eigenvalue weighted by atomic mass is 19.1. The second-order valence-electron chi connectivity index (χ2n) is 12.5. The number of carboxylic acid groups (broad SMARTS) is 1. The Bertz CT molecular complexity index is 1370. The van der Waals surface area contributed by atoms with Crippen molar-refractivity contribution in [3.63, 3.8) is 0 Å². The van der Waals surface area contributed by atoms with E-state index < -0.39 is 17.7 Å². The van der Waals surface area contributed by atoms with Gasteiger partial charge in [-0.3, -0.25) is 4.98 Å². The van der Waals surface area contributed by atoms with Crippen LogP contribution in [0.25, 0.3) is 11.1 Å². The van der Waals surface area contributed by atoms with E-state index in [1.807, 2.05) is 58.9 Å². The molecule has 1 saturated carbocycles. The van der Waals surface area contributed by atoms with E-state index in [2.05, 4.69) is 4.90 Å². The van der Waals surface area contributed by atoms with Crippen molar-refractivity contribution in [3.05, 3.63) is 76.9 Å². The average Bonchev–Trinajstić information content (AvgIpc) is 3.51. The normalized spacial score (nSPS) is 19.3. The third kappa shape index (κ3) is 6.56. The Hall–Kier alpha value is -3.45. The lowest BCUT2D eigenvalue weighted by molar-refractivity contribution is -0.160. The van der Waals surface area contributed by atoms with Gasteiger partial charge in [0.2, 0.25) is 0 Å². The highest BCUT2D eigenvalue weighted by Crippen LogP contribution is 2.47. The van der Waals surface area contributed by atoms with Crippen molar-refractivity contribution in [2.24, 2.45) is 11.8 Å². The number of hydrogen-bond donors (Lipinski definition) is 1. The smallest absolute Gasteiger partial charge is 0.337 e. The molecule has 218 valence electrons. The van der Waals surface area contributed by atoms with Crippen molar-refractivity contribution < 1.29 is 23.8 Å². The lowest BCUT2D eigenvalue weighted by Gasteiger charge is -2.33. The maximum absolute atomic E-state index is 13.2. The van der Waals surface area contributed by atoms with Crippen LogP contribution in [-0.2, 0) is 16.0 Å². The molecule has 1 aliphatic carbocycles. The molecule has 7 heteroatoms. The van der Waals surface area contributed by atoms with E-state index in [9.17, 15) is 14.3 Å². The summed E-state index contributed by atoms with van der Waals surface area (Å²) in [6, 6.07) is 14.4. The van der Waals surface area contributed by atoms with Crippen molar-refractivity contribution in [2.75, 3.05) is 24.6 Å². The maximum atomic E-state index is 13.2.